The third-order valence-corrected chi connectivity index (χ3v) is 3.42. The van der Waals surface area contributed by atoms with E-state index in [9.17, 15) is 4.21 Å². The second-order valence-electron chi connectivity index (χ2n) is 2.78. The van der Waals surface area contributed by atoms with Crippen LogP contribution in [0.2, 0.25) is 0 Å². The van der Waals surface area contributed by atoms with Gasteiger partial charge in [-0.15, -0.1) is 0 Å². The van der Waals surface area contributed by atoms with E-state index in [-0.39, 0.29) is 0 Å². The molecular weight excluding hydrogens is 198 g/mol. The standard InChI is InChI=1S/C6H15NO3S2/c1-7(2)5-3-4-6-11-12(8,9)10/h3-6H2,1-2H3,(H-,8,9,10)/p+1. The molecule has 0 aromatic rings. The van der Waals surface area contributed by atoms with Crippen molar-refractivity contribution in [2.45, 2.75) is 12.8 Å². The Morgan fingerprint density at radius 2 is 1.92 bits per heavy atom. The Hall–Kier alpha value is 0.250. The predicted octanol–water partition coefficient (Wildman–Crippen LogP) is 0.556. The Bertz CT molecular complexity index is 213. The molecule has 6 heteroatoms. The van der Waals surface area contributed by atoms with Crippen molar-refractivity contribution in [2.75, 3.05) is 26.4 Å². The molecule has 2 N–H and O–H groups in total. The van der Waals surface area contributed by atoms with Crippen LogP contribution in [0.4, 0.5) is 0 Å². The maximum absolute atomic E-state index is 10.3. The highest BCUT2D eigenvalue weighted by Crippen LogP contribution is 1.91. The molecule has 0 saturated heterocycles. The van der Waals surface area contributed by atoms with E-state index < -0.39 is 9.05 Å². The third kappa shape index (κ3) is 10.2. The lowest BCUT2D eigenvalue weighted by molar-refractivity contribution is 0.399. The Kier molecular flexibility index (Phi) is 5.94. The van der Waals surface area contributed by atoms with E-state index in [2.05, 4.69) is 4.90 Å². The molecule has 0 radical (unpaired) electrons. The fourth-order valence-corrected chi connectivity index (χ4v) is 2.24. The van der Waals surface area contributed by atoms with E-state index in [1.165, 1.54) is 0 Å². The lowest BCUT2D eigenvalue weighted by Gasteiger charge is -2.05. The lowest BCUT2D eigenvalue weighted by Crippen LogP contribution is -2.13. The van der Waals surface area contributed by atoms with Gasteiger partial charge in [0.25, 0.3) is 10.3 Å². The van der Waals surface area contributed by atoms with Crippen molar-refractivity contribution >= 4 is 19.4 Å². The van der Waals surface area contributed by atoms with Crippen LogP contribution in [0.25, 0.3) is 0 Å². The van der Waals surface area contributed by atoms with E-state index in [1.54, 1.807) is 0 Å². The molecule has 0 saturated carbocycles. The summed E-state index contributed by atoms with van der Waals surface area (Å²) < 4.78 is 27.3. The summed E-state index contributed by atoms with van der Waals surface area (Å²) in [6.45, 7) is 0.971. The van der Waals surface area contributed by atoms with Gasteiger partial charge in [0, 0.05) is 6.42 Å². The van der Waals surface area contributed by atoms with Crippen molar-refractivity contribution in [1.82, 2.24) is 4.90 Å². The first kappa shape index (κ1) is 12.2. The van der Waals surface area contributed by atoms with Gasteiger partial charge in [-0.1, -0.05) is 0 Å². The fraction of sp³-hybridized carbons (Fsp3) is 1.00. The first-order valence-corrected chi connectivity index (χ1v) is 6.67. The topological polar surface area (TPSA) is 60.8 Å². The molecule has 0 unspecified atom stereocenters. The average molecular weight is 214 g/mol. The van der Waals surface area contributed by atoms with Crippen molar-refractivity contribution < 1.29 is 13.3 Å². The molecule has 0 rings (SSSR count). The van der Waals surface area contributed by atoms with Crippen molar-refractivity contribution in [3.8, 4) is 0 Å². The summed E-state index contributed by atoms with van der Waals surface area (Å²) in [5.74, 6) is 0.527. The monoisotopic (exact) mass is 214 g/mol. The first-order chi connectivity index (χ1) is 5.42. The van der Waals surface area contributed by atoms with E-state index in [4.69, 9.17) is 9.11 Å². The molecule has 4 nitrogen and oxygen atoms in total. The second kappa shape index (κ2) is 5.82. The van der Waals surface area contributed by atoms with Crippen molar-refractivity contribution in [1.29, 1.82) is 0 Å². The molecule has 0 heterocycles. The summed E-state index contributed by atoms with van der Waals surface area (Å²) in [5, 5.41) is 0. The maximum atomic E-state index is 10.3. The highest BCUT2D eigenvalue weighted by Gasteiger charge is 2.08. The SMILES string of the molecule is CN(C)CCCC[S+]=S(=O)(O)O. The molecule has 12 heavy (non-hydrogen) atoms. The number of nitrogens with zero attached hydrogens (tertiary/aromatic N) is 1. The molecule has 0 bridgehead atoms. The summed E-state index contributed by atoms with van der Waals surface area (Å²) in [6, 6.07) is 0. The zero-order valence-electron chi connectivity index (χ0n) is 7.39. The van der Waals surface area contributed by atoms with Gasteiger partial charge in [0.15, 0.2) is 5.75 Å². The van der Waals surface area contributed by atoms with Crippen molar-refractivity contribution in [2.24, 2.45) is 0 Å². The zero-order chi connectivity index (χ0) is 9.61. The Morgan fingerprint density at radius 3 is 2.33 bits per heavy atom. The van der Waals surface area contributed by atoms with Crippen LogP contribution in [0.5, 0.6) is 0 Å². The Morgan fingerprint density at radius 1 is 1.33 bits per heavy atom. The van der Waals surface area contributed by atoms with Gasteiger partial charge >= 0.3 is 9.05 Å². The molecule has 0 aromatic carbocycles. The van der Waals surface area contributed by atoms with Crippen molar-refractivity contribution in [3.05, 3.63) is 0 Å². The summed E-state index contributed by atoms with van der Waals surface area (Å²) >= 11 is 0. The van der Waals surface area contributed by atoms with Crippen LogP contribution >= 0.6 is 0 Å². The molecule has 0 aliphatic heterocycles. The third-order valence-electron chi connectivity index (χ3n) is 1.24. The molecule has 0 spiro atoms. The molecule has 0 amide bonds. The first-order valence-electron chi connectivity index (χ1n) is 3.70. The lowest BCUT2D eigenvalue weighted by atomic mass is 10.3. The minimum Gasteiger partial charge on any atom is -0.309 e. The van der Waals surface area contributed by atoms with Gasteiger partial charge in [-0.25, -0.2) is 0 Å². The highest BCUT2D eigenvalue weighted by molar-refractivity contribution is 8.34. The van der Waals surface area contributed by atoms with E-state index in [0.29, 0.717) is 16.1 Å². The molecule has 0 aliphatic carbocycles. The van der Waals surface area contributed by atoms with Gasteiger partial charge in [0.2, 0.25) is 0 Å². The summed E-state index contributed by atoms with van der Waals surface area (Å²) in [6.07, 6.45) is 1.83. The quantitative estimate of drug-likeness (QED) is 0.518. The van der Waals surface area contributed by atoms with Gasteiger partial charge in [0.1, 0.15) is 0 Å². The van der Waals surface area contributed by atoms with E-state index in [0.717, 1.165) is 19.4 Å². The Labute approximate surface area is 77.3 Å². The van der Waals surface area contributed by atoms with Gasteiger partial charge in [0.05, 0.1) is 0 Å². The van der Waals surface area contributed by atoms with Crippen LogP contribution in [0.1, 0.15) is 12.8 Å². The summed E-state index contributed by atoms with van der Waals surface area (Å²) in [5.41, 5.74) is 0. The van der Waals surface area contributed by atoms with Crippen LogP contribution in [-0.2, 0) is 19.4 Å². The molecule has 74 valence electrons. The van der Waals surface area contributed by atoms with Crippen LogP contribution < -0.4 is 0 Å². The average Bonchev–Trinajstić information content (AvgIpc) is 1.83. The maximum Gasteiger partial charge on any atom is 0.430 e. The van der Waals surface area contributed by atoms with E-state index in [1.807, 2.05) is 14.1 Å². The Balaban J connectivity index is 3.41. The van der Waals surface area contributed by atoms with Gasteiger partial charge in [-0.2, -0.15) is 4.21 Å². The molecule has 0 aliphatic rings. The van der Waals surface area contributed by atoms with Crippen LogP contribution in [0.3, 0.4) is 0 Å². The summed E-state index contributed by atoms with van der Waals surface area (Å²) in [4.78, 5) is 2.06. The number of hydrogen-bond acceptors (Lipinski definition) is 2. The number of hydrogen-bond donors (Lipinski definition) is 2. The van der Waals surface area contributed by atoms with E-state index >= 15 is 0 Å². The minimum absolute atomic E-state index is 0.527. The molecule has 0 fully saturated rings. The van der Waals surface area contributed by atoms with Crippen LogP contribution in [-0.4, -0.2) is 44.6 Å². The second-order valence-corrected chi connectivity index (χ2v) is 6.33. The highest BCUT2D eigenvalue weighted by atomic mass is 32.9. The predicted molar refractivity (Wildman–Crippen MR) is 53.4 cm³/mol. The zero-order valence-corrected chi connectivity index (χ0v) is 9.03. The largest absolute Gasteiger partial charge is 0.430 e. The number of rotatable bonds is 5. The minimum atomic E-state index is -3.57. The molecule has 0 aromatic heterocycles. The van der Waals surface area contributed by atoms with Gasteiger partial charge < -0.3 is 4.90 Å². The van der Waals surface area contributed by atoms with Gasteiger partial charge in [-0.05, 0) is 27.1 Å². The molecule has 0 atom stereocenters. The summed E-state index contributed by atoms with van der Waals surface area (Å²) in [7, 11) is 1.09. The van der Waals surface area contributed by atoms with Gasteiger partial charge in [-0.3, -0.25) is 9.11 Å². The smallest absolute Gasteiger partial charge is 0.309 e. The normalized spacial score (nSPS) is 12.1. The fourth-order valence-electron chi connectivity index (χ4n) is 0.698. The number of unbranched alkanes of at least 4 members (excludes halogenated alkanes) is 1. The van der Waals surface area contributed by atoms with Crippen LogP contribution in [0.15, 0.2) is 0 Å². The van der Waals surface area contributed by atoms with Crippen molar-refractivity contribution in [3.63, 3.8) is 0 Å². The van der Waals surface area contributed by atoms with Crippen LogP contribution in [0, 0.1) is 0 Å². The molecular formula is C6H16NO3S2+.